The van der Waals surface area contributed by atoms with Crippen molar-refractivity contribution in [3.05, 3.63) is 0 Å². The maximum Gasteiger partial charge on any atom is 0.393 e. The van der Waals surface area contributed by atoms with Crippen molar-refractivity contribution in [2.24, 2.45) is 5.92 Å². The quantitative estimate of drug-likeness (QED) is 0.805. The van der Waals surface area contributed by atoms with Gasteiger partial charge in [0.2, 0.25) is 5.91 Å². The van der Waals surface area contributed by atoms with Crippen LogP contribution in [0, 0.1) is 5.92 Å². The van der Waals surface area contributed by atoms with Crippen LogP contribution < -0.4 is 5.32 Å². The van der Waals surface area contributed by atoms with Crippen LogP contribution in [0.25, 0.3) is 0 Å². The van der Waals surface area contributed by atoms with E-state index >= 15 is 0 Å². The Hall–Kier alpha value is -0.780. The normalized spacial score (nSPS) is 25.6. The van der Waals surface area contributed by atoms with Crippen molar-refractivity contribution in [2.45, 2.75) is 50.7 Å². The van der Waals surface area contributed by atoms with E-state index in [9.17, 15) is 18.0 Å². The Kier molecular flexibility index (Phi) is 5.24. The van der Waals surface area contributed by atoms with Gasteiger partial charge in [-0.2, -0.15) is 13.2 Å². The van der Waals surface area contributed by atoms with Gasteiger partial charge in [0.1, 0.15) is 0 Å². The lowest BCUT2D eigenvalue weighted by Crippen LogP contribution is -2.47. The Morgan fingerprint density at radius 3 is 2.53 bits per heavy atom. The number of amides is 1. The lowest BCUT2D eigenvalue weighted by molar-refractivity contribution is -0.189. The highest BCUT2D eigenvalue weighted by Gasteiger charge is 2.45. The number of alkyl halides is 3. The molecule has 0 aromatic carbocycles. The fourth-order valence-corrected chi connectivity index (χ4v) is 2.21. The topological polar surface area (TPSA) is 49.3 Å². The maximum absolute atomic E-state index is 12.7. The molecule has 2 unspecified atom stereocenters. The standard InChI is InChI=1S/C11H18F3NO2/c12-11(13,14)8-4-1-2-5-9(8)15-10(17)6-3-7-16/h8-9,16H,1-7H2,(H,15,17). The van der Waals surface area contributed by atoms with Gasteiger partial charge in [0, 0.05) is 19.1 Å². The summed E-state index contributed by atoms with van der Waals surface area (Å²) in [4.78, 5) is 11.4. The van der Waals surface area contributed by atoms with Gasteiger partial charge >= 0.3 is 6.18 Å². The number of carbonyl (C=O) groups is 1. The first kappa shape index (κ1) is 14.3. The molecule has 1 aliphatic carbocycles. The zero-order valence-corrected chi connectivity index (χ0v) is 9.59. The first-order chi connectivity index (χ1) is 7.95. The van der Waals surface area contributed by atoms with Crippen molar-refractivity contribution >= 4 is 5.91 Å². The Morgan fingerprint density at radius 2 is 1.94 bits per heavy atom. The second-order valence-electron chi connectivity index (χ2n) is 4.43. The van der Waals surface area contributed by atoms with E-state index in [4.69, 9.17) is 5.11 Å². The summed E-state index contributed by atoms with van der Waals surface area (Å²) in [5, 5.41) is 11.0. The number of rotatable bonds is 4. The van der Waals surface area contributed by atoms with E-state index in [2.05, 4.69) is 5.32 Å². The second kappa shape index (κ2) is 6.23. The molecular formula is C11H18F3NO2. The lowest BCUT2D eigenvalue weighted by Gasteiger charge is -2.33. The van der Waals surface area contributed by atoms with Gasteiger partial charge in [0.25, 0.3) is 0 Å². The maximum atomic E-state index is 12.7. The predicted octanol–water partition coefficient (Wildman–Crippen LogP) is 2.00. The first-order valence-electron chi connectivity index (χ1n) is 5.92. The van der Waals surface area contributed by atoms with Crippen LogP contribution in [0.4, 0.5) is 13.2 Å². The van der Waals surface area contributed by atoms with Crippen LogP contribution in [0.2, 0.25) is 0 Å². The Balaban J connectivity index is 2.51. The largest absolute Gasteiger partial charge is 0.396 e. The lowest BCUT2D eigenvalue weighted by atomic mass is 9.84. The highest BCUT2D eigenvalue weighted by Crippen LogP contribution is 2.37. The van der Waals surface area contributed by atoms with Gasteiger partial charge < -0.3 is 10.4 Å². The first-order valence-corrected chi connectivity index (χ1v) is 5.92. The molecule has 0 spiro atoms. The van der Waals surface area contributed by atoms with E-state index < -0.39 is 24.0 Å². The zero-order chi connectivity index (χ0) is 12.9. The van der Waals surface area contributed by atoms with Crippen molar-refractivity contribution in [1.29, 1.82) is 0 Å². The number of halogens is 3. The van der Waals surface area contributed by atoms with Crippen molar-refractivity contribution in [3.63, 3.8) is 0 Å². The van der Waals surface area contributed by atoms with Crippen molar-refractivity contribution < 1.29 is 23.1 Å². The molecule has 0 bridgehead atoms. The Morgan fingerprint density at radius 1 is 1.29 bits per heavy atom. The molecule has 1 rings (SSSR count). The van der Waals surface area contributed by atoms with Crippen LogP contribution in [-0.4, -0.2) is 29.8 Å². The second-order valence-corrected chi connectivity index (χ2v) is 4.43. The average Bonchev–Trinajstić information content (AvgIpc) is 2.25. The molecule has 6 heteroatoms. The number of carbonyl (C=O) groups excluding carboxylic acids is 1. The average molecular weight is 253 g/mol. The van der Waals surface area contributed by atoms with Gasteiger partial charge in [-0.25, -0.2) is 0 Å². The molecule has 1 aliphatic rings. The molecule has 2 atom stereocenters. The summed E-state index contributed by atoms with van der Waals surface area (Å²) in [5.74, 6) is -1.82. The molecule has 17 heavy (non-hydrogen) atoms. The predicted molar refractivity (Wildman–Crippen MR) is 56.3 cm³/mol. The molecule has 0 heterocycles. The molecule has 1 fully saturated rings. The number of aliphatic hydroxyl groups is 1. The molecule has 0 aliphatic heterocycles. The molecule has 1 amide bonds. The monoisotopic (exact) mass is 253 g/mol. The number of aliphatic hydroxyl groups excluding tert-OH is 1. The summed E-state index contributed by atoms with van der Waals surface area (Å²) >= 11 is 0. The van der Waals surface area contributed by atoms with Crippen LogP contribution in [0.5, 0.6) is 0 Å². The molecule has 100 valence electrons. The third-order valence-electron chi connectivity index (χ3n) is 3.09. The minimum Gasteiger partial charge on any atom is -0.396 e. The molecule has 0 aromatic heterocycles. The molecule has 2 N–H and O–H groups in total. The molecule has 0 saturated heterocycles. The third-order valence-corrected chi connectivity index (χ3v) is 3.09. The summed E-state index contributed by atoms with van der Waals surface area (Å²) in [7, 11) is 0. The molecule has 3 nitrogen and oxygen atoms in total. The van der Waals surface area contributed by atoms with E-state index in [-0.39, 0.29) is 25.9 Å². The highest BCUT2D eigenvalue weighted by molar-refractivity contribution is 5.76. The zero-order valence-electron chi connectivity index (χ0n) is 9.59. The van der Waals surface area contributed by atoms with Crippen molar-refractivity contribution in [2.75, 3.05) is 6.61 Å². The number of nitrogens with one attached hydrogen (secondary N) is 1. The Labute approximate surface area is 98.4 Å². The van der Waals surface area contributed by atoms with Gasteiger partial charge in [0.15, 0.2) is 0 Å². The number of hydrogen-bond acceptors (Lipinski definition) is 2. The van der Waals surface area contributed by atoms with Gasteiger partial charge in [-0.15, -0.1) is 0 Å². The van der Waals surface area contributed by atoms with E-state index in [1.54, 1.807) is 0 Å². The van der Waals surface area contributed by atoms with E-state index in [1.807, 2.05) is 0 Å². The SMILES string of the molecule is O=C(CCCO)NC1CCCCC1C(F)(F)F. The Bertz CT molecular complexity index is 256. The summed E-state index contributed by atoms with van der Waals surface area (Å²) in [5.41, 5.74) is 0. The van der Waals surface area contributed by atoms with Crippen LogP contribution in [-0.2, 0) is 4.79 Å². The summed E-state index contributed by atoms with van der Waals surface area (Å²) in [6, 6.07) is -0.796. The van der Waals surface area contributed by atoms with Crippen molar-refractivity contribution in [1.82, 2.24) is 5.32 Å². The van der Waals surface area contributed by atoms with Crippen molar-refractivity contribution in [3.8, 4) is 0 Å². The smallest absolute Gasteiger partial charge is 0.393 e. The summed E-state index contributed by atoms with van der Waals surface area (Å²) in [6.45, 7) is -0.124. The third kappa shape index (κ3) is 4.53. The van der Waals surface area contributed by atoms with Gasteiger partial charge in [0.05, 0.1) is 5.92 Å². The molecule has 0 radical (unpaired) electrons. The molecule has 1 saturated carbocycles. The van der Waals surface area contributed by atoms with E-state index in [0.29, 0.717) is 12.8 Å². The summed E-state index contributed by atoms with van der Waals surface area (Å²) < 4.78 is 38.1. The minimum absolute atomic E-state index is 0.0809. The van der Waals surface area contributed by atoms with Crippen LogP contribution in [0.1, 0.15) is 38.5 Å². The van der Waals surface area contributed by atoms with Crippen LogP contribution in [0.3, 0.4) is 0 Å². The highest BCUT2D eigenvalue weighted by atomic mass is 19.4. The molecule has 0 aromatic rings. The minimum atomic E-state index is -4.24. The van der Waals surface area contributed by atoms with Crippen LogP contribution >= 0.6 is 0 Å². The van der Waals surface area contributed by atoms with Gasteiger partial charge in [-0.1, -0.05) is 12.8 Å². The fourth-order valence-electron chi connectivity index (χ4n) is 2.21. The summed E-state index contributed by atoms with van der Waals surface area (Å²) in [6.07, 6.45) is -2.11. The van der Waals surface area contributed by atoms with E-state index in [0.717, 1.165) is 6.42 Å². The fraction of sp³-hybridized carbons (Fsp3) is 0.909. The van der Waals surface area contributed by atoms with Gasteiger partial charge in [-0.05, 0) is 19.3 Å². The van der Waals surface area contributed by atoms with Crippen LogP contribution in [0.15, 0.2) is 0 Å². The molecular weight excluding hydrogens is 235 g/mol. The number of hydrogen-bond donors (Lipinski definition) is 2. The van der Waals surface area contributed by atoms with E-state index in [1.165, 1.54) is 0 Å². The van der Waals surface area contributed by atoms with Gasteiger partial charge in [-0.3, -0.25) is 4.79 Å².